The molecule has 1 aromatic rings. The molecule has 0 saturated carbocycles. The van der Waals surface area contributed by atoms with E-state index in [1.165, 1.54) is 12.1 Å². The third-order valence-corrected chi connectivity index (χ3v) is 2.86. The van der Waals surface area contributed by atoms with Gasteiger partial charge in [-0.15, -0.1) is 0 Å². The van der Waals surface area contributed by atoms with Gasteiger partial charge in [-0.05, 0) is 18.9 Å². The summed E-state index contributed by atoms with van der Waals surface area (Å²) in [6, 6.07) is 2.78. The molecule has 0 fully saturated rings. The van der Waals surface area contributed by atoms with Gasteiger partial charge in [-0.1, -0.05) is 11.6 Å². The van der Waals surface area contributed by atoms with Gasteiger partial charge in [-0.2, -0.15) is 0 Å². The van der Waals surface area contributed by atoms with Gasteiger partial charge in [0.15, 0.2) is 5.78 Å². The first-order chi connectivity index (χ1) is 7.11. The fraction of sp³-hybridized carbons (Fsp3) is 0.300. The summed E-state index contributed by atoms with van der Waals surface area (Å²) in [5.74, 6) is -0.0926. The largest absolute Gasteiger partial charge is 0.294 e. The van der Waals surface area contributed by atoms with Gasteiger partial charge < -0.3 is 0 Å². The third-order valence-electron chi connectivity index (χ3n) is 2.54. The molecule has 5 heteroatoms. The lowest BCUT2D eigenvalue weighted by Crippen LogP contribution is -2.13. The van der Waals surface area contributed by atoms with E-state index in [1.54, 1.807) is 0 Å². The molecule has 78 valence electrons. The number of nitro benzene ring substituents is 1. The zero-order valence-electron chi connectivity index (χ0n) is 7.83. The summed E-state index contributed by atoms with van der Waals surface area (Å²) in [5, 5.41) is 11.1. The summed E-state index contributed by atoms with van der Waals surface area (Å²) >= 11 is 5.87. The van der Waals surface area contributed by atoms with E-state index in [0.29, 0.717) is 35.4 Å². The van der Waals surface area contributed by atoms with Crippen molar-refractivity contribution in [2.24, 2.45) is 0 Å². The number of carbonyl (C=O) groups excluding carboxylic acids is 1. The molecule has 1 aromatic carbocycles. The van der Waals surface area contributed by atoms with Crippen molar-refractivity contribution in [3.05, 3.63) is 38.4 Å². The molecule has 1 aliphatic carbocycles. The zero-order chi connectivity index (χ0) is 11.0. The molecule has 0 spiro atoms. The summed E-state index contributed by atoms with van der Waals surface area (Å²) in [6.07, 6.45) is 1.64. The Balaban J connectivity index is 2.69. The lowest BCUT2D eigenvalue weighted by atomic mass is 9.89. The van der Waals surface area contributed by atoms with Crippen molar-refractivity contribution in [1.82, 2.24) is 0 Å². The van der Waals surface area contributed by atoms with Gasteiger partial charge in [-0.25, -0.2) is 0 Å². The predicted octanol–water partition coefficient (Wildman–Crippen LogP) is 2.77. The van der Waals surface area contributed by atoms with Gasteiger partial charge in [0.2, 0.25) is 0 Å². The van der Waals surface area contributed by atoms with Crippen molar-refractivity contribution in [1.29, 1.82) is 0 Å². The minimum absolute atomic E-state index is 0.00227. The fourth-order valence-corrected chi connectivity index (χ4v) is 2.17. The number of nitrogens with zero attached hydrogens (tertiary/aromatic N) is 1. The summed E-state index contributed by atoms with van der Waals surface area (Å²) in [6.45, 7) is 0. The maximum atomic E-state index is 11.6. The number of hydrogen-bond donors (Lipinski definition) is 0. The number of halogens is 1. The first-order valence-corrected chi connectivity index (χ1v) is 4.98. The van der Waals surface area contributed by atoms with Crippen molar-refractivity contribution in [3.8, 4) is 0 Å². The smallest absolute Gasteiger partial charge is 0.273 e. The van der Waals surface area contributed by atoms with Gasteiger partial charge in [-0.3, -0.25) is 14.9 Å². The van der Waals surface area contributed by atoms with Crippen LogP contribution in [0, 0.1) is 10.1 Å². The lowest BCUT2D eigenvalue weighted by Gasteiger charge is -2.15. The number of nitro groups is 1. The summed E-state index contributed by atoms with van der Waals surface area (Å²) in [4.78, 5) is 21.9. The average Bonchev–Trinajstić information content (AvgIpc) is 2.17. The van der Waals surface area contributed by atoms with Crippen LogP contribution in [-0.2, 0) is 6.42 Å². The van der Waals surface area contributed by atoms with Gasteiger partial charge in [0.1, 0.15) is 0 Å². The number of Topliss-reactive ketones (excluding diaryl/α,β-unsaturated/α-hetero) is 1. The SMILES string of the molecule is O=C1CCCc2c([N+](=O)[O-])ccc(Cl)c21. The minimum atomic E-state index is -0.465. The number of benzene rings is 1. The van der Waals surface area contributed by atoms with Crippen LogP contribution in [0.3, 0.4) is 0 Å². The van der Waals surface area contributed by atoms with Gasteiger partial charge in [0.25, 0.3) is 5.69 Å². The normalized spacial score (nSPS) is 14.9. The number of fused-ring (bicyclic) bond motifs is 1. The third kappa shape index (κ3) is 1.61. The van der Waals surface area contributed by atoms with Crippen LogP contribution in [0.25, 0.3) is 0 Å². The van der Waals surface area contributed by atoms with Gasteiger partial charge in [0.05, 0.1) is 9.95 Å². The van der Waals surface area contributed by atoms with Crippen LogP contribution in [0.4, 0.5) is 5.69 Å². The van der Waals surface area contributed by atoms with Crippen LogP contribution in [-0.4, -0.2) is 10.7 Å². The highest BCUT2D eigenvalue weighted by atomic mass is 35.5. The van der Waals surface area contributed by atoms with Gasteiger partial charge in [0, 0.05) is 23.6 Å². The molecule has 1 aliphatic rings. The number of ketones is 1. The van der Waals surface area contributed by atoms with E-state index in [1.807, 2.05) is 0 Å². The highest BCUT2D eigenvalue weighted by Gasteiger charge is 2.27. The molecule has 0 atom stereocenters. The molecular weight excluding hydrogens is 218 g/mol. The van der Waals surface area contributed by atoms with E-state index in [9.17, 15) is 14.9 Å². The predicted molar refractivity (Wildman–Crippen MR) is 55.4 cm³/mol. The van der Waals surface area contributed by atoms with Crippen molar-refractivity contribution in [2.75, 3.05) is 0 Å². The molecule has 4 nitrogen and oxygen atoms in total. The molecule has 0 amide bonds. The second-order valence-corrected chi connectivity index (χ2v) is 3.86. The monoisotopic (exact) mass is 225 g/mol. The summed E-state index contributed by atoms with van der Waals surface area (Å²) < 4.78 is 0. The van der Waals surface area contributed by atoms with Crippen LogP contribution < -0.4 is 0 Å². The quantitative estimate of drug-likeness (QED) is 0.545. The Bertz CT molecular complexity index is 456. The van der Waals surface area contributed by atoms with Crippen molar-refractivity contribution in [2.45, 2.75) is 19.3 Å². The van der Waals surface area contributed by atoms with Gasteiger partial charge >= 0.3 is 0 Å². The van der Waals surface area contributed by atoms with Crippen LogP contribution in [0.15, 0.2) is 12.1 Å². The van der Waals surface area contributed by atoms with Crippen molar-refractivity contribution < 1.29 is 9.72 Å². The Morgan fingerprint density at radius 1 is 1.33 bits per heavy atom. The van der Waals surface area contributed by atoms with Crippen molar-refractivity contribution >= 4 is 23.1 Å². The van der Waals surface area contributed by atoms with E-state index in [-0.39, 0.29) is 11.5 Å². The molecule has 2 rings (SSSR count). The first-order valence-electron chi connectivity index (χ1n) is 4.60. The van der Waals surface area contributed by atoms with Crippen LogP contribution in [0.2, 0.25) is 5.02 Å². The zero-order valence-corrected chi connectivity index (χ0v) is 8.58. The molecule has 0 saturated heterocycles. The van der Waals surface area contributed by atoms with E-state index in [4.69, 9.17) is 11.6 Å². The Kier molecular flexibility index (Phi) is 2.44. The molecule has 0 radical (unpaired) electrons. The average molecular weight is 226 g/mol. The Hall–Kier alpha value is -1.42. The molecule has 0 unspecified atom stereocenters. The topological polar surface area (TPSA) is 60.2 Å². The summed E-state index contributed by atoms with van der Waals surface area (Å²) in [5.41, 5.74) is 0.836. The number of rotatable bonds is 1. The molecule has 0 N–H and O–H groups in total. The maximum Gasteiger partial charge on any atom is 0.273 e. The number of hydrogen-bond acceptors (Lipinski definition) is 3. The molecule has 0 bridgehead atoms. The fourth-order valence-electron chi connectivity index (χ4n) is 1.88. The Morgan fingerprint density at radius 2 is 2.07 bits per heavy atom. The molecule has 0 heterocycles. The second kappa shape index (κ2) is 3.62. The Labute approximate surface area is 91.0 Å². The van der Waals surface area contributed by atoms with Crippen LogP contribution in [0.5, 0.6) is 0 Å². The van der Waals surface area contributed by atoms with E-state index in [0.717, 1.165) is 0 Å². The minimum Gasteiger partial charge on any atom is -0.294 e. The molecule has 0 aromatic heterocycles. The molecule has 0 aliphatic heterocycles. The molecule has 15 heavy (non-hydrogen) atoms. The van der Waals surface area contributed by atoms with E-state index >= 15 is 0 Å². The molecular formula is C10H8ClNO3. The lowest BCUT2D eigenvalue weighted by molar-refractivity contribution is -0.385. The first kappa shape index (κ1) is 10.1. The maximum absolute atomic E-state index is 11.6. The van der Waals surface area contributed by atoms with Crippen LogP contribution >= 0.6 is 11.6 Å². The van der Waals surface area contributed by atoms with E-state index < -0.39 is 4.92 Å². The second-order valence-electron chi connectivity index (χ2n) is 3.45. The number of carbonyl (C=O) groups is 1. The highest BCUT2D eigenvalue weighted by molar-refractivity contribution is 6.34. The van der Waals surface area contributed by atoms with Crippen LogP contribution in [0.1, 0.15) is 28.8 Å². The Morgan fingerprint density at radius 3 is 2.73 bits per heavy atom. The standard InChI is InChI=1S/C10H8ClNO3/c11-7-4-5-8(12(14)15)6-2-1-3-9(13)10(6)7/h4-5H,1-3H2. The van der Waals surface area contributed by atoms with Crippen molar-refractivity contribution in [3.63, 3.8) is 0 Å². The highest BCUT2D eigenvalue weighted by Crippen LogP contribution is 2.34. The summed E-state index contributed by atoms with van der Waals surface area (Å²) in [7, 11) is 0. The van der Waals surface area contributed by atoms with E-state index in [2.05, 4.69) is 0 Å².